The lowest BCUT2D eigenvalue weighted by Gasteiger charge is -2.26. The standard InChI is InChI=1S/C17H22N2O2/c1-13-12-19(10-9-18-7-3-2-4-8-18)16-6-5-14(17(20)21)11-15(13)16/h5-6,11-12H,2-4,7-10H2,1H3,(H,20,21). The van der Waals surface area contributed by atoms with E-state index in [0.717, 1.165) is 29.6 Å². The van der Waals surface area contributed by atoms with Crippen molar-refractivity contribution in [2.75, 3.05) is 19.6 Å². The summed E-state index contributed by atoms with van der Waals surface area (Å²) in [6.45, 7) is 6.51. The van der Waals surface area contributed by atoms with Crippen molar-refractivity contribution in [1.82, 2.24) is 9.47 Å². The number of piperidine rings is 1. The van der Waals surface area contributed by atoms with Gasteiger partial charge < -0.3 is 14.6 Å². The predicted octanol–water partition coefficient (Wildman–Crippen LogP) is 3.13. The molecule has 0 radical (unpaired) electrons. The van der Waals surface area contributed by atoms with E-state index >= 15 is 0 Å². The van der Waals surface area contributed by atoms with Gasteiger partial charge in [0.1, 0.15) is 0 Å². The fourth-order valence-corrected chi connectivity index (χ4v) is 3.23. The van der Waals surface area contributed by atoms with Crippen LogP contribution in [0.5, 0.6) is 0 Å². The smallest absolute Gasteiger partial charge is 0.335 e. The van der Waals surface area contributed by atoms with Crippen molar-refractivity contribution >= 4 is 16.9 Å². The van der Waals surface area contributed by atoms with Gasteiger partial charge >= 0.3 is 5.97 Å². The zero-order valence-corrected chi connectivity index (χ0v) is 12.5. The molecule has 0 aliphatic carbocycles. The van der Waals surface area contributed by atoms with E-state index in [1.54, 1.807) is 12.1 Å². The lowest BCUT2D eigenvalue weighted by molar-refractivity contribution is 0.0697. The Morgan fingerprint density at radius 1 is 1.19 bits per heavy atom. The van der Waals surface area contributed by atoms with Gasteiger partial charge in [0.05, 0.1) is 5.56 Å². The van der Waals surface area contributed by atoms with Crippen molar-refractivity contribution in [3.05, 3.63) is 35.5 Å². The van der Waals surface area contributed by atoms with Crippen molar-refractivity contribution in [1.29, 1.82) is 0 Å². The highest BCUT2D eigenvalue weighted by atomic mass is 16.4. The molecule has 0 spiro atoms. The Morgan fingerprint density at radius 3 is 2.67 bits per heavy atom. The molecule has 0 bridgehead atoms. The molecular weight excluding hydrogens is 264 g/mol. The van der Waals surface area contributed by atoms with Crippen LogP contribution in [0.3, 0.4) is 0 Å². The van der Waals surface area contributed by atoms with E-state index in [1.807, 2.05) is 13.0 Å². The molecule has 1 aromatic heterocycles. The number of aryl methyl sites for hydroxylation is 1. The summed E-state index contributed by atoms with van der Waals surface area (Å²) >= 11 is 0. The average Bonchev–Trinajstić information content (AvgIpc) is 2.82. The third-order valence-electron chi connectivity index (χ3n) is 4.43. The lowest BCUT2D eigenvalue weighted by atomic mass is 10.1. The van der Waals surface area contributed by atoms with Crippen LogP contribution in [0.4, 0.5) is 0 Å². The van der Waals surface area contributed by atoms with Crippen LogP contribution in [0.25, 0.3) is 10.9 Å². The van der Waals surface area contributed by atoms with E-state index in [1.165, 1.54) is 32.4 Å². The van der Waals surface area contributed by atoms with Crippen LogP contribution >= 0.6 is 0 Å². The topological polar surface area (TPSA) is 45.5 Å². The van der Waals surface area contributed by atoms with E-state index in [2.05, 4.69) is 15.7 Å². The Hall–Kier alpha value is -1.81. The molecule has 2 heterocycles. The van der Waals surface area contributed by atoms with Crippen molar-refractivity contribution in [2.45, 2.75) is 32.7 Å². The molecule has 4 nitrogen and oxygen atoms in total. The maximum absolute atomic E-state index is 11.1. The molecule has 1 N–H and O–H groups in total. The number of nitrogens with zero attached hydrogens (tertiary/aromatic N) is 2. The van der Waals surface area contributed by atoms with Gasteiger partial charge in [-0.3, -0.25) is 0 Å². The first-order valence-corrected chi connectivity index (χ1v) is 7.70. The van der Waals surface area contributed by atoms with Crippen LogP contribution in [-0.2, 0) is 6.54 Å². The van der Waals surface area contributed by atoms with Crippen LogP contribution in [-0.4, -0.2) is 40.2 Å². The number of rotatable bonds is 4. The zero-order valence-electron chi connectivity index (χ0n) is 12.5. The van der Waals surface area contributed by atoms with Gasteiger partial charge in [0.15, 0.2) is 0 Å². The summed E-state index contributed by atoms with van der Waals surface area (Å²) in [5.74, 6) is -0.864. The SMILES string of the molecule is Cc1cn(CCN2CCCCC2)c2ccc(C(=O)O)cc12. The lowest BCUT2D eigenvalue weighted by Crippen LogP contribution is -2.32. The molecule has 1 fully saturated rings. The molecular formula is C17H22N2O2. The third kappa shape index (κ3) is 2.95. The van der Waals surface area contributed by atoms with Crippen LogP contribution < -0.4 is 0 Å². The number of fused-ring (bicyclic) bond motifs is 1. The van der Waals surface area contributed by atoms with E-state index in [0.29, 0.717) is 5.56 Å². The largest absolute Gasteiger partial charge is 0.478 e. The minimum absolute atomic E-state index is 0.361. The fraction of sp³-hybridized carbons (Fsp3) is 0.471. The number of carboxylic acids is 1. The summed E-state index contributed by atoms with van der Waals surface area (Å²) < 4.78 is 2.25. The molecule has 0 atom stereocenters. The fourth-order valence-electron chi connectivity index (χ4n) is 3.23. The summed E-state index contributed by atoms with van der Waals surface area (Å²) in [5, 5.41) is 10.2. The van der Waals surface area contributed by atoms with Crippen LogP contribution in [0.15, 0.2) is 24.4 Å². The molecule has 2 aromatic rings. The normalized spacial score (nSPS) is 16.4. The summed E-state index contributed by atoms with van der Waals surface area (Å²) in [5.41, 5.74) is 2.64. The third-order valence-corrected chi connectivity index (χ3v) is 4.43. The Balaban J connectivity index is 1.80. The number of hydrogen-bond acceptors (Lipinski definition) is 2. The molecule has 1 aliphatic rings. The average molecular weight is 286 g/mol. The summed E-state index contributed by atoms with van der Waals surface area (Å²) in [7, 11) is 0. The molecule has 1 saturated heterocycles. The Labute approximate surface area is 125 Å². The van der Waals surface area contributed by atoms with E-state index in [-0.39, 0.29) is 0 Å². The van der Waals surface area contributed by atoms with Crippen molar-refractivity contribution in [3.8, 4) is 0 Å². The van der Waals surface area contributed by atoms with E-state index in [4.69, 9.17) is 5.11 Å². The summed E-state index contributed by atoms with van der Waals surface area (Å²) in [6, 6.07) is 5.41. The number of carbonyl (C=O) groups is 1. The van der Waals surface area contributed by atoms with Crippen molar-refractivity contribution < 1.29 is 9.90 Å². The number of aromatic carboxylic acids is 1. The van der Waals surface area contributed by atoms with Gasteiger partial charge in [-0.05, 0) is 56.6 Å². The van der Waals surface area contributed by atoms with Gasteiger partial charge in [-0.15, -0.1) is 0 Å². The van der Waals surface area contributed by atoms with Gasteiger partial charge in [0, 0.05) is 30.2 Å². The summed E-state index contributed by atoms with van der Waals surface area (Å²) in [6.07, 6.45) is 6.13. The molecule has 0 unspecified atom stereocenters. The zero-order chi connectivity index (χ0) is 14.8. The first-order valence-electron chi connectivity index (χ1n) is 7.70. The quantitative estimate of drug-likeness (QED) is 0.939. The number of benzene rings is 1. The highest BCUT2D eigenvalue weighted by molar-refractivity contribution is 5.94. The van der Waals surface area contributed by atoms with Crippen LogP contribution in [0.1, 0.15) is 35.2 Å². The molecule has 21 heavy (non-hydrogen) atoms. The second-order valence-electron chi connectivity index (χ2n) is 5.94. The number of aromatic nitrogens is 1. The minimum Gasteiger partial charge on any atom is -0.478 e. The molecule has 4 heteroatoms. The maximum Gasteiger partial charge on any atom is 0.335 e. The second kappa shape index (κ2) is 5.90. The predicted molar refractivity (Wildman–Crippen MR) is 83.9 cm³/mol. The number of likely N-dealkylation sites (tertiary alicyclic amines) is 1. The monoisotopic (exact) mass is 286 g/mol. The highest BCUT2D eigenvalue weighted by Crippen LogP contribution is 2.22. The Kier molecular flexibility index (Phi) is 3.97. The molecule has 1 aromatic carbocycles. The number of hydrogen-bond donors (Lipinski definition) is 1. The van der Waals surface area contributed by atoms with E-state index < -0.39 is 5.97 Å². The van der Waals surface area contributed by atoms with Gasteiger partial charge in [0.25, 0.3) is 0 Å². The Morgan fingerprint density at radius 2 is 1.95 bits per heavy atom. The van der Waals surface area contributed by atoms with E-state index in [9.17, 15) is 4.79 Å². The molecule has 1 aliphatic heterocycles. The van der Waals surface area contributed by atoms with Gasteiger partial charge in [0.2, 0.25) is 0 Å². The van der Waals surface area contributed by atoms with Gasteiger partial charge in [-0.2, -0.15) is 0 Å². The molecule has 3 rings (SSSR count). The van der Waals surface area contributed by atoms with Gasteiger partial charge in [-0.1, -0.05) is 6.42 Å². The number of carboxylic acid groups (broad SMARTS) is 1. The van der Waals surface area contributed by atoms with Gasteiger partial charge in [-0.25, -0.2) is 4.79 Å². The Bertz CT molecular complexity index is 654. The molecule has 112 valence electrons. The summed E-state index contributed by atoms with van der Waals surface area (Å²) in [4.78, 5) is 13.6. The van der Waals surface area contributed by atoms with Crippen molar-refractivity contribution in [2.24, 2.45) is 0 Å². The first-order chi connectivity index (χ1) is 10.1. The van der Waals surface area contributed by atoms with Crippen LogP contribution in [0.2, 0.25) is 0 Å². The van der Waals surface area contributed by atoms with Crippen LogP contribution in [0, 0.1) is 6.92 Å². The van der Waals surface area contributed by atoms with Crippen molar-refractivity contribution in [3.63, 3.8) is 0 Å². The second-order valence-corrected chi connectivity index (χ2v) is 5.94. The molecule has 0 amide bonds. The first kappa shape index (κ1) is 14.1. The minimum atomic E-state index is -0.864. The molecule has 0 saturated carbocycles. The highest BCUT2D eigenvalue weighted by Gasteiger charge is 2.12. The maximum atomic E-state index is 11.1.